The monoisotopic (exact) mass is 276 g/mol. The van der Waals surface area contributed by atoms with Gasteiger partial charge in [-0.25, -0.2) is 0 Å². The number of allylic oxidation sites excluding steroid dienone is 4. The lowest BCUT2D eigenvalue weighted by atomic mass is 10.1. The maximum absolute atomic E-state index is 11.6. The third-order valence-electron chi connectivity index (χ3n) is 2.91. The number of hydrogen-bond donors (Lipinski definition) is 0. The lowest BCUT2D eigenvalue weighted by Gasteiger charge is -2.03. The number of hydrogen-bond acceptors (Lipinski definition) is 3. The van der Waals surface area contributed by atoms with Gasteiger partial charge in [-0.3, -0.25) is 14.9 Å². The van der Waals surface area contributed by atoms with Gasteiger partial charge in [0.15, 0.2) is 0 Å². The molecule has 0 aliphatic rings. The van der Waals surface area contributed by atoms with Gasteiger partial charge in [-0.05, 0) is 33.6 Å². The summed E-state index contributed by atoms with van der Waals surface area (Å²) >= 11 is 0. The molecule has 0 unspecified atom stereocenters. The molecule has 20 heavy (non-hydrogen) atoms. The van der Waals surface area contributed by atoms with E-state index >= 15 is 0 Å². The Hall–Kier alpha value is -2.17. The first-order valence-corrected chi connectivity index (χ1v) is 6.54. The van der Waals surface area contributed by atoms with Gasteiger partial charge < -0.3 is 4.57 Å². The fourth-order valence-corrected chi connectivity index (χ4v) is 1.71. The van der Waals surface area contributed by atoms with E-state index in [4.69, 9.17) is 0 Å². The molecule has 5 heteroatoms. The standard InChI is InChI=1S/C15H20N2O3/c1-12(2)5-4-6-13(3)9-10-16-11-14(17(19)20)7-8-15(16)18/h5,7-9,11H,4,6,10H2,1-3H3. The van der Waals surface area contributed by atoms with Gasteiger partial charge in [-0.15, -0.1) is 0 Å². The van der Waals surface area contributed by atoms with Crippen molar-refractivity contribution in [1.82, 2.24) is 4.57 Å². The van der Waals surface area contributed by atoms with Crippen LogP contribution in [0.2, 0.25) is 0 Å². The van der Waals surface area contributed by atoms with E-state index in [0.717, 1.165) is 12.8 Å². The van der Waals surface area contributed by atoms with Crippen molar-refractivity contribution < 1.29 is 4.92 Å². The summed E-state index contributed by atoms with van der Waals surface area (Å²) < 4.78 is 1.35. The van der Waals surface area contributed by atoms with Gasteiger partial charge in [0.25, 0.3) is 11.2 Å². The van der Waals surface area contributed by atoms with Crippen LogP contribution in [-0.2, 0) is 6.54 Å². The van der Waals surface area contributed by atoms with Crippen LogP contribution in [0.5, 0.6) is 0 Å². The third kappa shape index (κ3) is 5.22. The number of pyridine rings is 1. The minimum absolute atomic E-state index is 0.0693. The molecule has 0 saturated heterocycles. The van der Waals surface area contributed by atoms with Crippen molar-refractivity contribution in [3.05, 3.63) is 62.1 Å². The highest BCUT2D eigenvalue weighted by atomic mass is 16.6. The predicted molar refractivity (Wildman–Crippen MR) is 79.8 cm³/mol. The van der Waals surface area contributed by atoms with Gasteiger partial charge in [0.05, 0.1) is 11.1 Å². The second kappa shape index (κ2) is 7.43. The summed E-state index contributed by atoms with van der Waals surface area (Å²) in [6.07, 6.45) is 7.27. The van der Waals surface area contributed by atoms with Crippen LogP contribution in [0.3, 0.4) is 0 Å². The molecule has 108 valence electrons. The first kappa shape index (κ1) is 15.9. The molecule has 0 atom stereocenters. The van der Waals surface area contributed by atoms with E-state index in [9.17, 15) is 14.9 Å². The molecular weight excluding hydrogens is 256 g/mol. The Bertz CT molecular complexity index is 593. The van der Waals surface area contributed by atoms with Crippen LogP contribution >= 0.6 is 0 Å². The quantitative estimate of drug-likeness (QED) is 0.454. The normalized spacial score (nSPS) is 11.2. The molecule has 0 spiro atoms. The maximum atomic E-state index is 11.6. The van der Waals surface area contributed by atoms with Crippen molar-refractivity contribution in [3.63, 3.8) is 0 Å². The van der Waals surface area contributed by atoms with Crippen LogP contribution in [-0.4, -0.2) is 9.49 Å². The summed E-state index contributed by atoms with van der Waals surface area (Å²) in [6, 6.07) is 2.45. The molecule has 0 N–H and O–H groups in total. The Morgan fingerprint density at radius 3 is 2.60 bits per heavy atom. The highest BCUT2D eigenvalue weighted by molar-refractivity contribution is 5.25. The van der Waals surface area contributed by atoms with Crippen molar-refractivity contribution >= 4 is 5.69 Å². The van der Waals surface area contributed by atoms with E-state index in [1.54, 1.807) is 0 Å². The summed E-state index contributed by atoms with van der Waals surface area (Å²) in [4.78, 5) is 21.8. The average molecular weight is 276 g/mol. The number of rotatable bonds is 6. The smallest absolute Gasteiger partial charge is 0.285 e. The van der Waals surface area contributed by atoms with Gasteiger partial charge in [0, 0.05) is 18.7 Å². The molecule has 0 bridgehead atoms. The first-order chi connectivity index (χ1) is 9.40. The molecule has 0 aromatic carbocycles. The van der Waals surface area contributed by atoms with Crippen molar-refractivity contribution in [2.45, 2.75) is 40.2 Å². The van der Waals surface area contributed by atoms with Crippen LogP contribution in [0.25, 0.3) is 0 Å². The van der Waals surface area contributed by atoms with Crippen molar-refractivity contribution in [2.24, 2.45) is 0 Å². The van der Waals surface area contributed by atoms with Crippen LogP contribution in [0.4, 0.5) is 5.69 Å². The molecule has 0 aliphatic carbocycles. The zero-order valence-corrected chi connectivity index (χ0v) is 12.1. The largest absolute Gasteiger partial charge is 0.305 e. The molecule has 1 rings (SSSR count). The molecule has 1 aromatic rings. The molecule has 1 aromatic heterocycles. The fourth-order valence-electron chi connectivity index (χ4n) is 1.71. The summed E-state index contributed by atoms with van der Waals surface area (Å²) in [5, 5.41) is 10.7. The van der Waals surface area contributed by atoms with E-state index < -0.39 is 4.92 Å². The molecule has 0 aliphatic heterocycles. The van der Waals surface area contributed by atoms with Gasteiger partial charge in [0.2, 0.25) is 0 Å². The molecule has 5 nitrogen and oxygen atoms in total. The number of nitro groups is 1. The maximum Gasteiger partial charge on any atom is 0.285 e. The molecule has 0 radical (unpaired) electrons. The van der Waals surface area contributed by atoms with Crippen molar-refractivity contribution in [3.8, 4) is 0 Å². The zero-order chi connectivity index (χ0) is 15.1. The van der Waals surface area contributed by atoms with E-state index in [0.29, 0.717) is 6.54 Å². The molecule has 0 fully saturated rings. The second-order valence-corrected chi connectivity index (χ2v) is 5.01. The van der Waals surface area contributed by atoms with E-state index in [-0.39, 0.29) is 11.2 Å². The lowest BCUT2D eigenvalue weighted by molar-refractivity contribution is -0.385. The Labute approximate surface area is 118 Å². The van der Waals surface area contributed by atoms with E-state index in [1.165, 1.54) is 34.0 Å². The summed E-state index contributed by atoms with van der Waals surface area (Å²) in [7, 11) is 0. The first-order valence-electron chi connectivity index (χ1n) is 6.54. The summed E-state index contributed by atoms with van der Waals surface area (Å²) in [5.41, 5.74) is 2.15. The zero-order valence-electron chi connectivity index (χ0n) is 12.1. The SMILES string of the molecule is CC(C)=CCCC(C)=CCn1cc([N+](=O)[O-])ccc1=O. The Morgan fingerprint density at radius 1 is 1.30 bits per heavy atom. The van der Waals surface area contributed by atoms with E-state index in [2.05, 4.69) is 19.9 Å². The highest BCUT2D eigenvalue weighted by Crippen LogP contribution is 2.09. The van der Waals surface area contributed by atoms with Crippen molar-refractivity contribution in [1.29, 1.82) is 0 Å². The predicted octanol–water partition coefficient (Wildman–Crippen LogP) is 3.45. The topological polar surface area (TPSA) is 65.1 Å². The summed E-state index contributed by atoms with van der Waals surface area (Å²) in [6.45, 7) is 6.48. The van der Waals surface area contributed by atoms with Gasteiger partial charge >= 0.3 is 0 Å². The second-order valence-electron chi connectivity index (χ2n) is 5.01. The van der Waals surface area contributed by atoms with Gasteiger partial charge in [-0.1, -0.05) is 23.3 Å². The van der Waals surface area contributed by atoms with Gasteiger partial charge in [0.1, 0.15) is 0 Å². The number of nitrogens with zero attached hydrogens (tertiary/aromatic N) is 2. The van der Waals surface area contributed by atoms with E-state index in [1.807, 2.05) is 13.0 Å². The molecular formula is C15H20N2O3. The minimum Gasteiger partial charge on any atom is -0.305 e. The minimum atomic E-state index is -0.499. The summed E-state index contributed by atoms with van der Waals surface area (Å²) in [5.74, 6) is 0. The third-order valence-corrected chi connectivity index (χ3v) is 2.91. The molecule has 1 heterocycles. The Balaban J connectivity index is 2.73. The highest BCUT2D eigenvalue weighted by Gasteiger charge is 2.06. The lowest BCUT2D eigenvalue weighted by Crippen LogP contribution is -2.18. The van der Waals surface area contributed by atoms with Gasteiger partial charge in [-0.2, -0.15) is 0 Å². The molecule has 0 amide bonds. The average Bonchev–Trinajstić information content (AvgIpc) is 2.37. The fraction of sp³-hybridized carbons (Fsp3) is 0.400. The Kier molecular flexibility index (Phi) is 5.90. The van der Waals surface area contributed by atoms with Crippen LogP contribution in [0.1, 0.15) is 33.6 Å². The van der Waals surface area contributed by atoms with Crippen LogP contribution < -0.4 is 5.56 Å². The Morgan fingerprint density at radius 2 is 2.00 bits per heavy atom. The van der Waals surface area contributed by atoms with Crippen LogP contribution in [0, 0.1) is 10.1 Å². The van der Waals surface area contributed by atoms with Crippen LogP contribution in [0.15, 0.2) is 46.4 Å². The molecule has 0 saturated carbocycles. The number of aromatic nitrogens is 1. The van der Waals surface area contributed by atoms with Crippen molar-refractivity contribution in [2.75, 3.05) is 0 Å².